The molecular formula is C13H15NO4S. The van der Waals surface area contributed by atoms with Gasteiger partial charge in [-0.25, -0.2) is 8.42 Å². The molecule has 2 aromatic rings. The molecule has 0 heterocycles. The highest BCUT2D eigenvalue weighted by atomic mass is 32.2. The third-order valence-electron chi connectivity index (χ3n) is 2.80. The molecule has 0 unspecified atom stereocenters. The Hall–Kier alpha value is -1.79. The van der Waals surface area contributed by atoms with Crippen molar-refractivity contribution in [1.82, 2.24) is 0 Å². The van der Waals surface area contributed by atoms with Gasteiger partial charge < -0.3 is 10.2 Å². The van der Waals surface area contributed by atoms with Crippen LogP contribution in [0.4, 0.5) is 5.69 Å². The lowest BCUT2D eigenvalue weighted by Gasteiger charge is -2.21. The summed E-state index contributed by atoms with van der Waals surface area (Å²) in [4.78, 5) is 0. The third kappa shape index (κ3) is 2.97. The first-order valence-electron chi connectivity index (χ1n) is 5.73. The molecular weight excluding hydrogens is 266 g/mol. The first-order chi connectivity index (χ1) is 8.91. The van der Waals surface area contributed by atoms with E-state index in [-0.39, 0.29) is 18.9 Å². The number of anilines is 1. The minimum absolute atomic E-state index is 0.0163. The molecule has 0 saturated heterocycles. The smallest absolute Gasteiger partial charge is 0.232 e. The summed E-state index contributed by atoms with van der Waals surface area (Å²) in [6, 6.07) is 9.97. The predicted octanol–water partition coefficient (Wildman–Crippen LogP) is 1.30. The van der Waals surface area contributed by atoms with Crippen molar-refractivity contribution in [2.75, 3.05) is 23.7 Å². The maximum Gasteiger partial charge on any atom is 0.232 e. The Labute approximate surface area is 111 Å². The number of phenolic OH excluding ortho intramolecular Hbond substituents is 1. The lowest BCUT2D eigenvalue weighted by molar-refractivity contribution is 0.307. The maximum absolute atomic E-state index is 11.7. The number of aromatic hydroxyl groups is 1. The fourth-order valence-corrected chi connectivity index (χ4v) is 2.86. The molecule has 0 amide bonds. The van der Waals surface area contributed by atoms with Gasteiger partial charge in [0.2, 0.25) is 10.0 Å². The second-order valence-corrected chi connectivity index (χ2v) is 6.18. The fourth-order valence-electron chi connectivity index (χ4n) is 1.95. The minimum Gasteiger partial charge on any atom is -0.508 e. The lowest BCUT2D eigenvalue weighted by Crippen LogP contribution is -2.32. The normalized spacial score (nSPS) is 11.7. The second kappa shape index (κ2) is 5.07. The summed E-state index contributed by atoms with van der Waals surface area (Å²) in [6.45, 7) is -0.233. The van der Waals surface area contributed by atoms with Gasteiger partial charge in [0.05, 0.1) is 25.1 Å². The van der Waals surface area contributed by atoms with E-state index in [0.29, 0.717) is 5.69 Å². The quantitative estimate of drug-likeness (QED) is 0.885. The van der Waals surface area contributed by atoms with E-state index in [1.807, 2.05) is 0 Å². The summed E-state index contributed by atoms with van der Waals surface area (Å²) in [7, 11) is -3.43. The zero-order chi connectivity index (χ0) is 14.0. The summed E-state index contributed by atoms with van der Waals surface area (Å²) in [6.07, 6.45) is 1.10. The van der Waals surface area contributed by atoms with E-state index in [9.17, 15) is 13.5 Å². The van der Waals surface area contributed by atoms with Crippen LogP contribution in [0, 0.1) is 0 Å². The number of nitrogens with zero attached hydrogens (tertiary/aromatic N) is 1. The number of aliphatic hydroxyl groups is 1. The Kier molecular flexibility index (Phi) is 3.64. The van der Waals surface area contributed by atoms with Crippen molar-refractivity contribution >= 4 is 26.5 Å². The summed E-state index contributed by atoms with van der Waals surface area (Å²) in [5.41, 5.74) is 0.495. The zero-order valence-corrected chi connectivity index (χ0v) is 11.3. The monoisotopic (exact) mass is 281 g/mol. The average molecular weight is 281 g/mol. The summed E-state index contributed by atoms with van der Waals surface area (Å²) in [5, 5.41) is 20.0. The molecule has 0 aliphatic heterocycles. The first-order valence-corrected chi connectivity index (χ1v) is 7.58. The molecule has 0 atom stereocenters. The standard InChI is InChI=1S/C13H15NO4S/c1-19(17,18)14(6-7-15)12-4-2-11-9-13(16)5-3-10(11)8-12/h2-5,8-9,15-16H,6-7H2,1H3. The van der Waals surface area contributed by atoms with Gasteiger partial charge in [-0.2, -0.15) is 0 Å². The molecule has 0 saturated carbocycles. The molecule has 2 rings (SSSR count). The van der Waals surface area contributed by atoms with Crippen LogP contribution >= 0.6 is 0 Å². The zero-order valence-electron chi connectivity index (χ0n) is 10.4. The van der Waals surface area contributed by atoms with Crippen LogP contribution in [0.25, 0.3) is 10.8 Å². The lowest BCUT2D eigenvalue weighted by atomic mass is 10.1. The largest absolute Gasteiger partial charge is 0.508 e. The topological polar surface area (TPSA) is 77.8 Å². The molecule has 2 N–H and O–H groups in total. The number of sulfonamides is 1. The number of hydrogen-bond acceptors (Lipinski definition) is 4. The van der Waals surface area contributed by atoms with Crippen LogP contribution < -0.4 is 4.31 Å². The average Bonchev–Trinajstić information content (AvgIpc) is 2.34. The highest BCUT2D eigenvalue weighted by molar-refractivity contribution is 7.92. The van der Waals surface area contributed by atoms with Gasteiger partial charge in [0, 0.05) is 0 Å². The van der Waals surface area contributed by atoms with Crippen LogP contribution in [-0.4, -0.2) is 38.0 Å². The number of rotatable bonds is 4. The van der Waals surface area contributed by atoms with E-state index in [4.69, 9.17) is 5.11 Å². The van der Waals surface area contributed by atoms with Crippen molar-refractivity contribution in [3.8, 4) is 5.75 Å². The minimum atomic E-state index is -3.43. The number of aliphatic hydroxyl groups excluding tert-OH is 1. The SMILES string of the molecule is CS(=O)(=O)N(CCO)c1ccc2cc(O)ccc2c1. The van der Waals surface area contributed by atoms with E-state index >= 15 is 0 Å². The number of hydrogen-bond donors (Lipinski definition) is 2. The summed E-state index contributed by atoms with van der Waals surface area (Å²) in [5.74, 6) is 0.163. The highest BCUT2D eigenvalue weighted by Crippen LogP contribution is 2.26. The van der Waals surface area contributed by atoms with E-state index in [2.05, 4.69) is 0 Å². The Morgan fingerprint density at radius 2 is 1.74 bits per heavy atom. The van der Waals surface area contributed by atoms with Gasteiger partial charge in [-0.05, 0) is 35.0 Å². The Morgan fingerprint density at radius 1 is 1.11 bits per heavy atom. The molecule has 6 heteroatoms. The molecule has 19 heavy (non-hydrogen) atoms. The maximum atomic E-state index is 11.7. The molecule has 0 spiro atoms. The van der Waals surface area contributed by atoms with Crippen LogP contribution in [0.2, 0.25) is 0 Å². The van der Waals surface area contributed by atoms with Crippen molar-refractivity contribution in [3.05, 3.63) is 36.4 Å². The Morgan fingerprint density at radius 3 is 2.37 bits per heavy atom. The van der Waals surface area contributed by atoms with E-state index < -0.39 is 10.0 Å². The highest BCUT2D eigenvalue weighted by Gasteiger charge is 2.16. The molecule has 0 aliphatic rings. The van der Waals surface area contributed by atoms with Gasteiger partial charge in [-0.3, -0.25) is 4.31 Å². The number of phenols is 1. The van der Waals surface area contributed by atoms with Crippen LogP contribution in [0.1, 0.15) is 0 Å². The molecule has 5 nitrogen and oxygen atoms in total. The Balaban J connectivity index is 2.52. The van der Waals surface area contributed by atoms with Gasteiger partial charge in [0.25, 0.3) is 0 Å². The van der Waals surface area contributed by atoms with Gasteiger partial charge >= 0.3 is 0 Å². The van der Waals surface area contributed by atoms with E-state index in [1.165, 1.54) is 0 Å². The van der Waals surface area contributed by atoms with Crippen LogP contribution in [0.3, 0.4) is 0 Å². The Bertz CT molecular complexity index is 697. The molecule has 0 aromatic heterocycles. The second-order valence-electron chi connectivity index (χ2n) is 4.27. The third-order valence-corrected chi connectivity index (χ3v) is 3.99. The van der Waals surface area contributed by atoms with Crippen LogP contribution in [-0.2, 0) is 10.0 Å². The fraction of sp³-hybridized carbons (Fsp3) is 0.231. The van der Waals surface area contributed by atoms with Gasteiger partial charge in [-0.15, -0.1) is 0 Å². The number of benzene rings is 2. The van der Waals surface area contributed by atoms with Crippen molar-refractivity contribution in [1.29, 1.82) is 0 Å². The molecule has 0 aliphatic carbocycles. The first kappa shape index (κ1) is 13.6. The van der Waals surface area contributed by atoms with Crippen molar-refractivity contribution in [3.63, 3.8) is 0 Å². The number of fused-ring (bicyclic) bond motifs is 1. The van der Waals surface area contributed by atoms with Crippen LogP contribution in [0.5, 0.6) is 5.75 Å². The van der Waals surface area contributed by atoms with E-state index in [0.717, 1.165) is 21.3 Å². The van der Waals surface area contributed by atoms with Gasteiger partial charge in [0.15, 0.2) is 0 Å². The summed E-state index contributed by atoms with van der Waals surface area (Å²) >= 11 is 0. The molecule has 0 bridgehead atoms. The van der Waals surface area contributed by atoms with Crippen LogP contribution in [0.15, 0.2) is 36.4 Å². The van der Waals surface area contributed by atoms with Gasteiger partial charge in [-0.1, -0.05) is 12.1 Å². The molecule has 102 valence electrons. The van der Waals surface area contributed by atoms with Crippen molar-refractivity contribution in [2.45, 2.75) is 0 Å². The molecule has 0 radical (unpaired) electrons. The van der Waals surface area contributed by atoms with Crippen molar-refractivity contribution in [2.24, 2.45) is 0 Å². The molecule has 0 fully saturated rings. The van der Waals surface area contributed by atoms with E-state index in [1.54, 1.807) is 36.4 Å². The predicted molar refractivity (Wildman–Crippen MR) is 74.9 cm³/mol. The van der Waals surface area contributed by atoms with Crippen molar-refractivity contribution < 1.29 is 18.6 Å². The van der Waals surface area contributed by atoms with Gasteiger partial charge in [0.1, 0.15) is 5.75 Å². The summed E-state index contributed by atoms with van der Waals surface area (Å²) < 4.78 is 24.5. The molecule has 2 aromatic carbocycles.